The van der Waals surface area contributed by atoms with Crippen LogP contribution in [0.4, 0.5) is 0 Å². The van der Waals surface area contributed by atoms with Crippen molar-refractivity contribution in [1.82, 2.24) is 5.32 Å². The fourth-order valence-electron chi connectivity index (χ4n) is 0.844. The van der Waals surface area contributed by atoms with Crippen LogP contribution in [0.25, 0.3) is 0 Å². The minimum absolute atomic E-state index is 0.0177. The average Bonchev–Trinajstić information content (AvgIpc) is 2.13. The van der Waals surface area contributed by atoms with E-state index in [1.54, 1.807) is 0 Å². The molecule has 1 N–H and O–H groups in total. The third-order valence-corrected chi connectivity index (χ3v) is 2.85. The first-order chi connectivity index (χ1) is 4.84. The van der Waals surface area contributed by atoms with Crippen LogP contribution >= 0.6 is 24.4 Å². The fraction of sp³-hybridized carbons (Fsp3) is 0.833. The molecule has 1 fully saturated rings. The van der Waals surface area contributed by atoms with Gasteiger partial charge in [-0.2, -0.15) is 12.6 Å². The van der Waals surface area contributed by atoms with E-state index in [1.807, 2.05) is 0 Å². The summed E-state index contributed by atoms with van der Waals surface area (Å²) in [5.41, 5.74) is 0. The number of nitrogens with one attached hydrogen (secondary N) is 1. The van der Waals surface area contributed by atoms with Gasteiger partial charge in [0.15, 0.2) is 0 Å². The molecule has 0 unspecified atom stereocenters. The molecule has 1 rings (SSSR count). The highest BCUT2D eigenvalue weighted by molar-refractivity contribution is 8.13. The van der Waals surface area contributed by atoms with Gasteiger partial charge in [0, 0.05) is 11.5 Å². The van der Waals surface area contributed by atoms with Gasteiger partial charge in [-0.15, -0.1) is 0 Å². The third kappa shape index (κ3) is 2.18. The van der Waals surface area contributed by atoms with Crippen molar-refractivity contribution < 1.29 is 4.79 Å². The molecule has 1 saturated heterocycles. The van der Waals surface area contributed by atoms with Crippen molar-refractivity contribution in [1.29, 1.82) is 0 Å². The highest BCUT2D eigenvalue weighted by Crippen LogP contribution is 2.11. The summed E-state index contributed by atoms with van der Waals surface area (Å²) >= 11 is 5.50. The molecule has 10 heavy (non-hydrogen) atoms. The number of hydrogen-bond donors (Lipinski definition) is 2. The van der Waals surface area contributed by atoms with Crippen molar-refractivity contribution in [3.63, 3.8) is 0 Å². The summed E-state index contributed by atoms with van der Waals surface area (Å²) in [4.78, 5) is 11.1. The Morgan fingerprint density at radius 1 is 1.80 bits per heavy atom. The SMILES string of the molecule is O=C1SCCCN[C@H]1CS. The van der Waals surface area contributed by atoms with E-state index >= 15 is 0 Å². The van der Waals surface area contributed by atoms with Gasteiger partial charge in [0.1, 0.15) is 0 Å². The summed E-state index contributed by atoms with van der Waals surface area (Å²) < 4.78 is 0. The summed E-state index contributed by atoms with van der Waals surface area (Å²) in [5.74, 6) is 1.57. The largest absolute Gasteiger partial charge is 0.306 e. The van der Waals surface area contributed by atoms with Crippen LogP contribution in [0.3, 0.4) is 0 Å². The summed E-state index contributed by atoms with van der Waals surface area (Å²) in [6.07, 6.45) is 1.08. The van der Waals surface area contributed by atoms with Crippen molar-refractivity contribution in [2.75, 3.05) is 18.1 Å². The molecule has 1 aliphatic heterocycles. The molecule has 1 heterocycles. The van der Waals surface area contributed by atoms with Crippen LogP contribution in [-0.4, -0.2) is 29.2 Å². The first kappa shape index (κ1) is 8.43. The molecular weight excluding hydrogens is 166 g/mol. The van der Waals surface area contributed by atoms with Gasteiger partial charge >= 0.3 is 0 Å². The Bertz CT molecular complexity index is 129. The maximum absolute atomic E-state index is 11.1. The average molecular weight is 177 g/mol. The lowest BCUT2D eigenvalue weighted by atomic mass is 10.3. The topological polar surface area (TPSA) is 29.1 Å². The van der Waals surface area contributed by atoms with E-state index in [1.165, 1.54) is 11.8 Å². The van der Waals surface area contributed by atoms with Gasteiger partial charge in [-0.3, -0.25) is 4.79 Å². The van der Waals surface area contributed by atoms with Crippen LogP contribution in [0.1, 0.15) is 6.42 Å². The van der Waals surface area contributed by atoms with Crippen molar-refractivity contribution in [2.24, 2.45) is 0 Å². The van der Waals surface area contributed by atoms with E-state index in [2.05, 4.69) is 17.9 Å². The van der Waals surface area contributed by atoms with Gasteiger partial charge in [0.2, 0.25) is 5.12 Å². The number of carbonyl (C=O) groups excluding carboxylic acids is 1. The van der Waals surface area contributed by atoms with Crippen LogP contribution in [0, 0.1) is 0 Å². The van der Waals surface area contributed by atoms with Crippen LogP contribution < -0.4 is 5.32 Å². The second-order valence-electron chi connectivity index (χ2n) is 2.21. The van der Waals surface area contributed by atoms with Crippen molar-refractivity contribution in [3.05, 3.63) is 0 Å². The Labute approximate surface area is 70.5 Å². The second kappa shape index (κ2) is 4.26. The van der Waals surface area contributed by atoms with E-state index in [4.69, 9.17) is 0 Å². The lowest BCUT2D eigenvalue weighted by Gasteiger charge is -2.08. The molecule has 0 saturated carbocycles. The Morgan fingerprint density at radius 3 is 3.30 bits per heavy atom. The van der Waals surface area contributed by atoms with Gasteiger partial charge in [-0.25, -0.2) is 0 Å². The lowest BCUT2D eigenvalue weighted by molar-refractivity contribution is -0.112. The van der Waals surface area contributed by atoms with Crippen LogP contribution in [0.5, 0.6) is 0 Å². The summed E-state index contributed by atoms with van der Waals surface area (Å²) in [6.45, 7) is 0.948. The molecule has 0 amide bonds. The first-order valence-electron chi connectivity index (χ1n) is 3.35. The smallest absolute Gasteiger partial charge is 0.206 e. The van der Waals surface area contributed by atoms with Gasteiger partial charge in [-0.05, 0) is 13.0 Å². The van der Waals surface area contributed by atoms with Gasteiger partial charge < -0.3 is 5.32 Å². The zero-order valence-corrected chi connectivity index (χ0v) is 7.38. The lowest BCUT2D eigenvalue weighted by Crippen LogP contribution is -2.35. The fourth-order valence-corrected chi connectivity index (χ4v) is 2.12. The molecule has 1 atom stereocenters. The maximum atomic E-state index is 11.1. The number of carbonyl (C=O) groups is 1. The molecule has 1 aliphatic rings. The molecule has 0 bridgehead atoms. The number of rotatable bonds is 1. The van der Waals surface area contributed by atoms with E-state index < -0.39 is 0 Å². The predicted octanol–water partition coefficient (Wildman–Crippen LogP) is 0.538. The van der Waals surface area contributed by atoms with Gasteiger partial charge in [0.05, 0.1) is 6.04 Å². The number of thiol groups is 1. The first-order valence-corrected chi connectivity index (χ1v) is 4.97. The maximum Gasteiger partial charge on any atom is 0.206 e. The normalized spacial score (nSPS) is 28.1. The molecule has 4 heteroatoms. The molecule has 0 aliphatic carbocycles. The van der Waals surface area contributed by atoms with Crippen molar-refractivity contribution in [2.45, 2.75) is 12.5 Å². The zero-order valence-electron chi connectivity index (χ0n) is 5.67. The standard InChI is InChI=1S/C6H11NOS2/c8-6-5(4-9)7-2-1-3-10-6/h5,7,9H,1-4H2/t5-/m0/s1. The molecule has 0 aromatic rings. The van der Waals surface area contributed by atoms with Gasteiger partial charge in [0.25, 0.3) is 0 Å². The van der Waals surface area contributed by atoms with E-state index in [0.717, 1.165) is 18.7 Å². The quantitative estimate of drug-likeness (QED) is 0.573. The Kier molecular flexibility index (Phi) is 3.59. The minimum atomic E-state index is -0.0177. The monoisotopic (exact) mass is 177 g/mol. The zero-order chi connectivity index (χ0) is 7.40. The Balaban J connectivity index is 2.43. The number of thioether (sulfide) groups is 1. The highest BCUT2D eigenvalue weighted by Gasteiger charge is 2.18. The van der Waals surface area contributed by atoms with Crippen LogP contribution in [0.2, 0.25) is 0 Å². The van der Waals surface area contributed by atoms with E-state index in [0.29, 0.717) is 5.75 Å². The Morgan fingerprint density at radius 2 is 2.60 bits per heavy atom. The molecular formula is C6H11NOS2. The third-order valence-electron chi connectivity index (χ3n) is 1.42. The minimum Gasteiger partial charge on any atom is -0.306 e. The van der Waals surface area contributed by atoms with Crippen molar-refractivity contribution in [3.8, 4) is 0 Å². The molecule has 0 radical (unpaired) electrons. The molecule has 0 aromatic heterocycles. The molecule has 0 aromatic carbocycles. The van der Waals surface area contributed by atoms with Crippen LogP contribution in [-0.2, 0) is 4.79 Å². The second-order valence-corrected chi connectivity index (χ2v) is 3.67. The molecule has 0 spiro atoms. The van der Waals surface area contributed by atoms with E-state index in [9.17, 15) is 4.79 Å². The van der Waals surface area contributed by atoms with E-state index in [-0.39, 0.29) is 11.2 Å². The summed E-state index contributed by atoms with van der Waals surface area (Å²) in [7, 11) is 0. The molecule has 58 valence electrons. The van der Waals surface area contributed by atoms with Gasteiger partial charge in [-0.1, -0.05) is 11.8 Å². The Hall–Kier alpha value is 0.330. The summed E-state index contributed by atoms with van der Waals surface area (Å²) in [5, 5.41) is 3.38. The summed E-state index contributed by atoms with van der Waals surface area (Å²) in [6, 6.07) is -0.0177. The number of hydrogen-bond acceptors (Lipinski definition) is 4. The van der Waals surface area contributed by atoms with Crippen LogP contribution in [0.15, 0.2) is 0 Å². The predicted molar refractivity (Wildman–Crippen MR) is 47.7 cm³/mol. The molecule has 2 nitrogen and oxygen atoms in total. The highest BCUT2D eigenvalue weighted by atomic mass is 32.2. The van der Waals surface area contributed by atoms with Crippen molar-refractivity contribution >= 4 is 29.5 Å².